The van der Waals surface area contributed by atoms with E-state index >= 15 is 0 Å². The van der Waals surface area contributed by atoms with Gasteiger partial charge in [-0.05, 0) is 48.4 Å². The van der Waals surface area contributed by atoms with Crippen molar-refractivity contribution in [2.24, 2.45) is 0 Å². The number of rotatable bonds is 8. The molecule has 0 saturated carbocycles. The summed E-state index contributed by atoms with van der Waals surface area (Å²) in [5.41, 5.74) is 2.35. The molecule has 0 bridgehead atoms. The van der Waals surface area contributed by atoms with Crippen molar-refractivity contribution in [1.82, 2.24) is 9.55 Å². The number of carbonyl (C=O) groups is 1. The van der Waals surface area contributed by atoms with Crippen molar-refractivity contribution in [2.75, 3.05) is 12.4 Å². The zero-order valence-corrected chi connectivity index (χ0v) is 16.5. The average molecular weight is 413 g/mol. The van der Waals surface area contributed by atoms with Crippen LogP contribution >= 0.6 is 0 Å². The van der Waals surface area contributed by atoms with Crippen LogP contribution in [0.4, 0.5) is 14.5 Å². The van der Waals surface area contributed by atoms with Crippen molar-refractivity contribution >= 4 is 17.7 Å². The number of carbonyl (C=O) groups excluding carboxylic acids is 1. The van der Waals surface area contributed by atoms with Crippen molar-refractivity contribution in [3.05, 3.63) is 77.9 Å². The van der Waals surface area contributed by atoms with Gasteiger partial charge < -0.3 is 19.4 Å². The molecule has 0 fully saturated rings. The van der Waals surface area contributed by atoms with Gasteiger partial charge in [-0.15, -0.1) is 0 Å². The van der Waals surface area contributed by atoms with Gasteiger partial charge in [0.25, 0.3) is 0 Å². The molecule has 1 aromatic heterocycles. The molecule has 1 heterocycles. The predicted octanol–water partition coefficient (Wildman–Crippen LogP) is 4.50. The Labute approximate surface area is 172 Å². The Morgan fingerprint density at radius 1 is 1.20 bits per heavy atom. The number of hydrogen-bond acceptors (Lipinski definition) is 4. The van der Waals surface area contributed by atoms with E-state index in [4.69, 9.17) is 4.74 Å². The second kappa shape index (κ2) is 9.69. The molecular weight excluding hydrogens is 392 g/mol. The predicted molar refractivity (Wildman–Crippen MR) is 110 cm³/mol. The van der Waals surface area contributed by atoms with Crippen molar-refractivity contribution in [2.45, 2.75) is 20.1 Å². The number of nitrogens with zero attached hydrogens (tertiary/aromatic N) is 2. The second-order valence-corrected chi connectivity index (χ2v) is 6.41. The van der Waals surface area contributed by atoms with Gasteiger partial charge in [0.05, 0.1) is 7.11 Å². The number of alkyl halides is 2. The number of benzene rings is 2. The summed E-state index contributed by atoms with van der Waals surface area (Å²) in [4.78, 5) is 16.4. The van der Waals surface area contributed by atoms with Crippen LogP contribution in [0.3, 0.4) is 0 Å². The first-order valence-corrected chi connectivity index (χ1v) is 9.13. The molecular formula is C22H21F2N3O3. The summed E-state index contributed by atoms with van der Waals surface area (Å²) in [5.74, 6) is 0.699. The summed E-state index contributed by atoms with van der Waals surface area (Å²) >= 11 is 0. The quantitative estimate of drug-likeness (QED) is 0.552. The highest BCUT2D eigenvalue weighted by molar-refractivity contribution is 6.01. The van der Waals surface area contributed by atoms with Crippen LogP contribution in [0.25, 0.3) is 6.08 Å². The third kappa shape index (κ3) is 5.66. The molecule has 0 unspecified atom stereocenters. The summed E-state index contributed by atoms with van der Waals surface area (Å²) in [7, 11) is 1.35. The highest BCUT2D eigenvalue weighted by Gasteiger charge is 2.10. The van der Waals surface area contributed by atoms with Crippen LogP contribution < -0.4 is 14.8 Å². The molecule has 0 saturated heterocycles. The molecule has 0 aliphatic carbocycles. The molecule has 30 heavy (non-hydrogen) atoms. The van der Waals surface area contributed by atoms with Gasteiger partial charge in [-0.3, -0.25) is 4.79 Å². The molecule has 3 rings (SSSR count). The van der Waals surface area contributed by atoms with Gasteiger partial charge >= 0.3 is 6.61 Å². The molecule has 0 radical (unpaired) electrons. The number of halogens is 2. The highest BCUT2D eigenvalue weighted by atomic mass is 19.3. The van der Waals surface area contributed by atoms with Gasteiger partial charge in [0, 0.05) is 30.7 Å². The molecule has 0 aliphatic rings. The van der Waals surface area contributed by atoms with E-state index in [0.717, 1.165) is 11.4 Å². The Balaban J connectivity index is 1.59. The standard InChI is InChI=1S/C22H21F2N3O3/c1-15-25-11-12-27(15)14-17-3-7-18(8-4-17)26-21(28)10-6-16-5-9-19(30-22(23)24)20(13-16)29-2/h3-13,22H,14H2,1-2H3,(H,26,28)/b10-6+. The van der Waals surface area contributed by atoms with E-state index in [1.807, 2.05) is 42.0 Å². The smallest absolute Gasteiger partial charge is 0.387 e. The molecule has 2 aromatic carbocycles. The molecule has 0 atom stereocenters. The van der Waals surface area contributed by atoms with Crippen LogP contribution in [0, 0.1) is 6.92 Å². The Morgan fingerprint density at radius 2 is 1.97 bits per heavy atom. The van der Waals surface area contributed by atoms with E-state index in [2.05, 4.69) is 15.0 Å². The first-order chi connectivity index (χ1) is 14.4. The van der Waals surface area contributed by atoms with Crippen LogP contribution in [0.5, 0.6) is 11.5 Å². The lowest BCUT2D eigenvalue weighted by Crippen LogP contribution is -2.08. The second-order valence-electron chi connectivity index (χ2n) is 6.41. The third-order valence-electron chi connectivity index (χ3n) is 4.33. The number of aromatic nitrogens is 2. The van der Waals surface area contributed by atoms with Crippen LogP contribution in [0.15, 0.2) is 60.9 Å². The summed E-state index contributed by atoms with van der Waals surface area (Å²) in [6, 6.07) is 11.9. The Hall–Kier alpha value is -3.68. The zero-order valence-electron chi connectivity index (χ0n) is 16.5. The maximum absolute atomic E-state index is 12.4. The van der Waals surface area contributed by atoms with Crippen LogP contribution in [-0.4, -0.2) is 29.2 Å². The number of anilines is 1. The topological polar surface area (TPSA) is 65.4 Å². The zero-order chi connectivity index (χ0) is 21.5. The molecule has 0 aliphatic heterocycles. The van der Waals surface area contributed by atoms with Gasteiger partial charge in [0.2, 0.25) is 5.91 Å². The molecule has 0 spiro atoms. The van der Waals surface area contributed by atoms with Gasteiger partial charge in [-0.25, -0.2) is 4.98 Å². The van der Waals surface area contributed by atoms with Gasteiger partial charge in [-0.1, -0.05) is 18.2 Å². The third-order valence-corrected chi connectivity index (χ3v) is 4.33. The number of amides is 1. The lowest BCUT2D eigenvalue weighted by molar-refractivity contribution is -0.111. The van der Waals surface area contributed by atoms with Crippen LogP contribution in [-0.2, 0) is 11.3 Å². The fraction of sp³-hybridized carbons (Fsp3) is 0.182. The van der Waals surface area contributed by atoms with E-state index in [1.165, 1.54) is 25.3 Å². The fourth-order valence-electron chi connectivity index (χ4n) is 2.80. The van der Waals surface area contributed by atoms with Crippen molar-refractivity contribution in [3.8, 4) is 11.5 Å². The fourth-order valence-corrected chi connectivity index (χ4v) is 2.80. The van der Waals surface area contributed by atoms with E-state index in [9.17, 15) is 13.6 Å². The number of methoxy groups -OCH3 is 1. The monoisotopic (exact) mass is 413 g/mol. The van der Waals surface area contributed by atoms with Crippen molar-refractivity contribution in [1.29, 1.82) is 0 Å². The molecule has 6 nitrogen and oxygen atoms in total. The Kier molecular flexibility index (Phi) is 6.79. The molecule has 8 heteroatoms. The van der Waals surface area contributed by atoms with Crippen molar-refractivity contribution in [3.63, 3.8) is 0 Å². The van der Waals surface area contributed by atoms with E-state index in [0.29, 0.717) is 17.8 Å². The summed E-state index contributed by atoms with van der Waals surface area (Å²) in [5, 5.41) is 2.78. The van der Waals surface area contributed by atoms with Crippen LogP contribution in [0.2, 0.25) is 0 Å². The van der Waals surface area contributed by atoms with Crippen LogP contribution in [0.1, 0.15) is 17.0 Å². The molecule has 3 aromatic rings. The molecule has 156 valence electrons. The van der Waals surface area contributed by atoms with E-state index < -0.39 is 6.61 Å². The lowest BCUT2D eigenvalue weighted by atomic mass is 10.2. The summed E-state index contributed by atoms with van der Waals surface area (Å²) in [6.07, 6.45) is 6.58. The number of aryl methyl sites for hydroxylation is 1. The van der Waals surface area contributed by atoms with Gasteiger partial charge in [-0.2, -0.15) is 8.78 Å². The summed E-state index contributed by atoms with van der Waals surface area (Å²) < 4.78 is 36.2. The number of imidazole rings is 1. The maximum atomic E-state index is 12.4. The Morgan fingerprint density at radius 3 is 2.60 bits per heavy atom. The maximum Gasteiger partial charge on any atom is 0.387 e. The molecule has 1 N–H and O–H groups in total. The first-order valence-electron chi connectivity index (χ1n) is 9.13. The average Bonchev–Trinajstić information content (AvgIpc) is 3.12. The summed E-state index contributed by atoms with van der Waals surface area (Å²) in [6.45, 7) is -0.301. The number of hydrogen-bond donors (Lipinski definition) is 1. The number of ether oxygens (including phenoxy) is 2. The molecule has 1 amide bonds. The highest BCUT2D eigenvalue weighted by Crippen LogP contribution is 2.29. The van der Waals surface area contributed by atoms with E-state index in [-0.39, 0.29) is 17.4 Å². The minimum absolute atomic E-state index is 0.0694. The first kappa shape index (κ1) is 21.0. The largest absolute Gasteiger partial charge is 0.493 e. The normalized spacial score (nSPS) is 11.1. The van der Waals surface area contributed by atoms with Crippen molar-refractivity contribution < 1.29 is 23.0 Å². The van der Waals surface area contributed by atoms with E-state index in [1.54, 1.807) is 18.3 Å². The minimum Gasteiger partial charge on any atom is -0.493 e. The SMILES string of the molecule is COc1cc(/C=C/C(=O)Nc2ccc(Cn3ccnc3C)cc2)ccc1OC(F)F. The van der Waals surface area contributed by atoms with Gasteiger partial charge in [0.15, 0.2) is 11.5 Å². The lowest BCUT2D eigenvalue weighted by Gasteiger charge is -2.10. The number of nitrogens with one attached hydrogen (secondary N) is 1. The Bertz CT molecular complexity index is 1030. The minimum atomic E-state index is -2.94. The van der Waals surface area contributed by atoms with Gasteiger partial charge in [0.1, 0.15) is 5.82 Å².